The van der Waals surface area contributed by atoms with E-state index in [-0.39, 0.29) is 0 Å². The lowest BCUT2D eigenvalue weighted by Gasteiger charge is -2.14. The van der Waals surface area contributed by atoms with Gasteiger partial charge in [-0.1, -0.05) is 89.0 Å². The molecule has 0 spiro atoms. The Bertz CT molecular complexity index is 715. The minimum Gasteiger partial charge on any atom is -0.427 e. The van der Waals surface area contributed by atoms with Crippen molar-refractivity contribution in [3.05, 3.63) is 57.6 Å². The summed E-state index contributed by atoms with van der Waals surface area (Å²) in [6, 6.07) is 11.6. The van der Waals surface area contributed by atoms with Crippen LogP contribution in [0.3, 0.4) is 0 Å². The van der Waals surface area contributed by atoms with Crippen LogP contribution in [0.25, 0.3) is 0 Å². The third-order valence-corrected chi connectivity index (χ3v) is 4.88. The molecule has 0 aliphatic carbocycles. The molecule has 7 heteroatoms. The van der Waals surface area contributed by atoms with Crippen molar-refractivity contribution in [2.45, 2.75) is 60.7 Å². The monoisotopic (exact) mass is 468 g/mol. The maximum Gasteiger partial charge on any atom is 0.451 e. The fourth-order valence-corrected chi connectivity index (χ4v) is 3.23. The Morgan fingerprint density at radius 2 is 1.10 bits per heavy atom. The van der Waals surface area contributed by atoms with E-state index in [2.05, 4.69) is 45.9 Å². The molecule has 0 unspecified atom stereocenters. The highest BCUT2D eigenvalue weighted by atomic mass is 35.5. The Balaban J connectivity index is 0.000000479. The molecule has 2 rings (SSSR count). The molecule has 2 aromatic carbocycles. The topological polar surface area (TPSA) is 92.5 Å². The van der Waals surface area contributed by atoms with E-state index < -0.39 is 7.12 Å². The highest BCUT2D eigenvalue weighted by Gasteiger charge is 2.08. The predicted octanol–water partition coefficient (Wildman–Crippen LogP) is 6.36. The molecule has 0 heterocycles. The maximum absolute atomic E-state index is 8.28. The summed E-state index contributed by atoms with van der Waals surface area (Å²) in [4.78, 5) is 0. The highest BCUT2D eigenvalue weighted by molar-refractivity contribution is 6.41. The standard InChI is InChI=1S/C14H23N.C6H5Cl2N.C4H11BO2/c1-10(2)8-12-6-5-7-13(14(12)15)9-11(3)4;7-4-2-1-3-5(8)6(4)9;1-4(2)3-5(6)7/h5-7,10-11H,8-9,15H2,1-4H3;1-3H,9H2;4,6-7H,3H2,1-2H3. The molecular weight excluding hydrogens is 430 g/mol. The third-order valence-electron chi connectivity index (χ3n) is 4.22. The van der Waals surface area contributed by atoms with Crippen molar-refractivity contribution in [2.75, 3.05) is 11.5 Å². The third kappa shape index (κ3) is 13.6. The van der Waals surface area contributed by atoms with Gasteiger partial charge in [-0.15, -0.1) is 0 Å². The van der Waals surface area contributed by atoms with Gasteiger partial charge in [0.1, 0.15) is 0 Å². The molecule has 0 bridgehead atoms. The van der Waals surface area contributed by atoms with E-state index in [1.807, 2.05) is 13.8 Å². The molecule has 0 aliphatic rings. The normalized spacial score (nSPS) is 10.5. The number of anilines is 2. The summed E-state index contributed by atoms with van der Waals surface area (Å²) in [5, 5.41) is 17.6. The molecule has 31 heavy (non-hydrogen) atoms. The van der Waals surface area contributed by atoms with E-state index in [4.69, 9.17) is 44.7 Å². The number of hydrogen-bond acceptors (Lipinski definition) is 4. The first-order valence-corrected chi connectivity index (χ1v) is 11.5. The Hall–Kier alpha value is -1.40. The van der Waals surface area contributed by atoms with Crippen LogP contribution in [0.4, 0.5) is 11.4 Å². The average molecular weight is 469 g/mol. The molecule has 0 aliphatic heterocycles. The summed E-state index contributed by atoms with van der Waals surface area (Å²) in [6.45, 7) is 12.8. The lowest BCUT2D eigenvalue weighted by molar-refractivity contribution is 0.394. The van der Waals surface area contributed by atoms with Crippen molar-refractivity contribution in [3.8, 4) is 0 Å². The van der Waals surface area contributed by atoms with Gasteiger partial charge < -0.3 is 21.5 Å². The number of halogens is 2. The fraction of sp³-hybridized carbons (Fsp3) is 0.500. The summed E-state index contributed by atoms with van der Waals surface area (Å²) in [7, 11) is -1.13. The number of para-hydroxylation sites is 2. The van der Waals surface area contributed by atoms with Gasteiger partial charge in [-0.3, -0.25) is 0 Å². The van der Waals surface area contributed by atoms with Crippen molar-refractivity contribution in [2.24, 2.45) is 17.8 Å². The first-order valence-electron chi connectivity index (χ1n) is 10.8. The molecule has 0 saturated carbocycles. The minimum absolute atomic E-state index is 0.375. The quantitative estimate of drug-likeness (QED) is 0.293. The Kier molecular flexibility index (Phi) is 14.7. The average Bonchev–Trinajstić information content (AvgIpc) is 2.62. The van der Waals surface area contributed by atoms with E-state index in [0.29, 0.717) is 39.8 Å². The number of nitrogens with two attached hydrogens (primary N) is 2. The van der Waals surface area contributed by atoms with Gasteiger partial charge in [0.2, 0.25) is 0 Å². The van der Waals surface area contributed by atoms with Crippen LogP contribution in [0.2, 0.25) is 16.4 Å². The summed E-state index contributed by atoms with van der Waals surface area (Å²) in [6.07, 6.45) is 2.63. The largest absolute Gasteiger partial charge is 0.451 e. The van der Waals surface area contributed by atoms with E-state index in [1.165, 1.54) is 11.1 Å². The van der Waals surface area contributed by atoms with Gasteiger partial charge in [0.15, 0.2) is 0 Å². The predicted molar refractivity (Wildman–Crippen MR) is 139 cm³/mol. The number of rotatable bonds is 6. The second-order valence-electron chi connectivity index (χ2n) is 8.93. The van der Waals surface area contributed by atoms with Gasteiger partial charge in [-0.25, -0.2) is 0 Å². The second kappa shape index (κ2) is 15.4. The van der Waals surface area contributed by atoms with Crippen molar-refractivity contribution in [1.29, 1.82) is 0 Å². The zero-order chi connectivity index (χ0) is 24.1. The van der Waals surface area contributed by atoms with Crippen molar-refractivity contribution < 1.29 is 10.0 Å². The van der Waals surface area contributed by atoms with Crippen LogP contribution in [0, 0.1) is 17.8 Å². The summed E-state index contributed by atoms with van der Waals surface area (Å²) in [5.74, 6) is 1.71. The van der Waals surface area contributed by atoms with Crippen molar-refractivity contribution in [3.63, 3.8) is 0 Å². The van der Waals surface area contributed by atoms with E-state index in [9.17, 15) is 0 Å². The molecular formula is C24H39BCl2N2O2. The molecule has 0 radical (unpaired) electrons. The van der Waals surface area contributed by atoms with Gasteiger partial charge in [0.05, 0.1) is 15.7 Å². The van der Waals surface area contributed by atoms with Crippen LogP contribution in [-0.4, -0.2) is 17.2 Å². The molecule has 6 N–H and O–H groups in total. The van der Waals surface area contributed by atoms with Crippen LogP contribution in [-0.2, 0) is 12.8 Å². The van der Waals surface area contributed by atoms with Gasteiger partial charge in [-0.2, -0.15) is 0 Å². The Morgan fingerprint density at radius 1 is 0.710 bits per heavy atom. The van der Waals surface area contributed by atoms with E-state index >= 15 is 0 Å². The van der Waals surface area contributed by atoms with Crippen LogP contribution < -0.4 is 11.5 Å². The maximum atomic E-state index is 8.28. The molecule has 0 fully saturated rings. The summed E-state index contributed by atoms with van der Waals surface area (Å²) >= 11 is 11.2. The molecule has 0 saturated heterocycles. The van der Waals surface area contributed by atoms with E-state index in [0.717, 1.165) is 18.5 Å². The van der Waals surface area contributed by atoms with E-state index in [1.54, 1.807) is 18.2 Å². The Labute approximate surface area is 199 Å². The summed E-state index contributed by atoms with van der Waals surface area (Å²) < 4.78 is 0. The van der Waals surface area contributed by atoms with Crippen LogP contribution in [0.5, 0.6) is 0 Å². The summed E-state index contributed by atoms with van der Waals surface area (Å²) in [5.41, 5.74) is 15.7. The first-order chi connectivity index (χ1) is 14.3. The fourth-order valence-electron chi connectivity index (χ4n) is 2.83. The smallest absolute Gasteiger partial charge is 0.427 e. The van der Waals surface area contributed by atoms with Crippen LogP contribution >= 0.6 is 23.2 Å². The zero-order valence-electron chi connectivity index (χ0n) is 19.7. The highest BCUT2D eigenvalue weighted by Crippen LogP contribution is 2.26. The number of nitrogen functional groups attached to an aromatic ring is 2. The second-order valence-corrected chi connectivity index (χ2v) is 9.75. The van der Waals surface area contributed by atoms with Crippen LogP contribution in [0.15, 0.2) is 36.4 Å². The van der Waals surface area contributed by atoms with Crippen molar-refractivity contribution in [1.82, 2.24) is 0 Å². The molecule has 0 aromatic heterocycles. The van der Waals surface area contributed by atoms with Gasteiger partial charge in [0.25, 0.3) is 0 Å². The Morgan fingerprint density at radius 3 is 1.35 bits per heavy atom. The SMILES string of the molecule is CC(C)CB(O)O.CC(C)Cc1cccc(CC(C)C)c1N.Nc1c(Cl)cccc1Cl. The molecule has 0 atom stereocenters. The molecule has 0 amide bonds. The van der Waals surface area contributed by atoms with Gasteiger partial charge in [0, 0.05) is 5.69 Å². The lowest BCUT2D eigenvalue weighted by Crippen LogP contribution is -2.12. The first kappa shape index (κ1) is 29.6. The van der Waals surface area contributed by atoms with Crippen molar-refractivity contribution >= 4 is 41.7 Å². The molecule has 4 nitrogen and oxygen atoms in total. The van der Waals surface area contributed by atoms with Crippen LogP contribution in [0.1, 0.15) is 52.7 Å². The zero-order valence-corrected chi connectivity index (χ0v) is 21.2. The van der Waals surface area contributed by atoms with Gasteiger partial charge >= 0.3 is 7.12 Å². The molecule has 174 valence electrons. The minimum atomic E-state index is -1.13. The number of hydrogen-bond donors (Lipinski definition) is 4. The lowest BCUT2D eigenvalue weighted by atomic mass is 9.80. The van der Waals surface area contributed by atoms with Gasteiger partial charge in [-0.05, 0) is 60.2 Å². The number of benzene rings is 2. The molecule has 2 aromatic rings.